The summed E-state index contributed by atoms with van der Waals surface area (Å²) in [6.07, 6.45) is -5.31. The minimum absolute atomic E-state index is 0.00979. The molecule has 3 aliphatic heterocycles. The Bertz CT molecular complexity index is 1570. The van der Waals surface area contributed by atoms with Crippen molar-refractivity contribution in [3.8, 4) is 5.75 Å². The Morgan fingerprint density at radius 2 is 1.27 bits per heavy atom. The quantitative estimate of drug-likeness (QED) is 0.327. The highest BCUT2D eigenvalue weighted by molar-refractivity contribution is 8.26. The van der Waals surface area contributed by atoms with Crippen LogP contribution in [0.5, 0.6) is 5.75 Å². The minimum Gasteiger partial charge on any atom is -0.497 e. The number of hydrogen-bond donors (Lipinski definition) is 0. The van der Waals surface area contributed by atoms with E-state index in [0.29, 0.717) is 40.2 Å². The van der Waals surface area contributed by atoms with Gasteiger partial charge in [-0.2, -0.15) is 13.2 Å². The van der Waals surface area contributed by atoms with Crippen molar-refractivity contribution in [1.29, 1.82) is 0 Å². The highest BCUT2D eigenvalue weighted by Gasteiger charge is 2.63. The largest absolute Gasteiger partial charge is 0.497 e. The topological polar surface area (TPSA) is 135 Å². The van der Waals surface area contributed by atoms with E-state index in [0.717, 1.165) is 28.4 Å². The third-order valence-corrected chi connectivity index (χ3v) is 11.4. The predicted molar refractivity (Wildman–Crippen MR) is 155 cm³/mol. The van der Waals surface area contributed by atoms with Crippen molar-refractivity contribution < 1.29 is 60.8 Å². The average Bonchev–Trinajstić information content (AvgIpc) is 3.38. The highest BCUT2D eigenvalue weighted by Crippen LogP contribution is 2.71. The molecule has 1 amide bonds. The van der Waals surface area contributed by atoms with Gasteiger partial charge < -0.3 is 23.7 Å². The Labute approximate surface area is 261 Å². The molecule has 44 heavy (non-hydrogen) atoms. The van der Waals surface area contributed by atoms with Gasteiger partial charge in [-0.05, 0) is 32.0 Å². The smallest absolute Gasteiger partial charge is 0.471 e. The molecule has 0 bridgehead atoms. The number of rotatable bonds is 5. The number of alkyl halides is 3. The molecule has 3 aliphatic rings. The second kappa shape index (κ2) is 11.7. The number of esters is 4. The second-order valence-corrected chi connectivity index (χ2v) is 13.3. The van der Waals surface area contributed by atoms with Crippen LogP contribution in [0.25, 0.3) is 5.57 Å². The molecule has 0 saturated heterocycles. The molecule has 236 valence electrons. The second-order valence-electron chi connectivity index (χ2n) is 9.54. The zero-order chi connectivity index (χ0) is 32.9. The molecule has 1 spiro atoms. The molecule has 4 rings (SSSR count). The van der Waals surface area contributed by atoms with Crippen LogP contribution in [-0.2, 0) is 42.9 Å². The van der Waals surface area contributed by atoms with E-state index >= 15 is 0 Å². The lowest BCUT2D eigenvalue weighted by Crippen LogP contribution is -2.57. The summed E-state index contributed by atoms with van der Waals surface area (Å²) in [5.74, 6) is -6.13. The Morgan fingerprint density at radius 3 is 1.73 bits per heavy atom. The van der Waals surface area contributed by atoms with Gasteiger partial charge in [0.05, 0.1) is 52.3 Å². The van der Waals surface area contributed by atoms with E-state index in [1.807, 2.05) is 0 Å². The zero-order valence-electron chi connectivity index (χ0n) is 24.1. The van der Waals surface area contributed by atoms with Crippen molar-refractivity contribution in [3.05, 3.63) is 49.0 Å². The first-order valence-corrected chi connectivity index (χ1v) is 14.7. The number of methoxy groups -OCH3 is 5. The third kappa shape index (κ3) is 5.03. The Hall–Kier alpha value is -3.57. The van der Waals surface area contributed by atoms with Gasteiger partial charge in [0.2, 0.25) is 0 Å². The minimum atomic E-state index is -5.31. The summed E-state index contributed by atoms with van der Waals surface area (Å²) in [4.78, 5) is 65.4. The summed E-state index contributed by atoms with van der Waals surface area (Å²) in [7, 11) is 5.50. The standard InChI is InChI=1S/C27H24F3NO10S3/c1-25(2)19-14(12-10-11(37-3)8-9-13(12)31(25)24(36)27(28,29)30)26(15(20(32)38-4)16(42-19)21(33)39-5)43-17(22(34)40-6)18(44-26)23(35)41-7/h8-10H,1-7H3. The zero-order valence-corrected chi connectivity index (χ0v) is 26.6. The summed E-state index contributed by atoms with van der Waals surface area (Å²) in [5, 5.41) is 0. The summed E-state index contributed by atoms with van der Waals surface area (Å²) in [6, 6.07) is 3.95. The first-order valence-electron chi connectivity index (χ1n) is 12.3. The number of carbonyl (C=O) groups excluding carboxylic acids is 5. The molecule has 0 saturated carbocycles. The maximum Gasteiger partial charge on any atom is 0.471 e. The lowest BCUT2D eigenvalue weighted by atomic mass is 9.83. The Morgan fingerprint density at radius 1 is 0.773 bits per heavy atom. The van der Waals surface area contributed by atoms with Gasteiger partial charge in [0.1, 0.15) is 24.5 Å². The van der Waals surface area contributed by atoms with Gasteiger partial charge in [-0.15, -0.1) is 0 Å². The molecule has 0 unspecified atom stereocenters. The lowest BCUT2D eigenvalue weighted by molar-refractivity contribution is -0.171. The number of carbonyl (C=O) groups is 5. The van der Waals surface area contributed by atoms with E-state index < -0.39 is 50.5 Å². The van der Waals surface area contributed by atoms with Crippen LogP contribution in [0.3, 0.4) is 0 Å². The van der Waals surface area contributed by atoms with Crippen molar-refractivity contribution in [2.45, 2.75) is 29.6 Å². The molecular formula is C27H24F3NO10S3. The van der Waals surface area contributed by atoms with Crippen LogP contribution < -0.4 is 9.64 Å². The molecular weight excluding hydrogens is 651 g/mol. The van der Waals surface area contributed by atoms with Gasteiger partial charge in [0.25, 0.3) is 0 Å². The van der Waals surface area contributed by atoms with E-state index in [9.17, 15) is 37.1 Å². The summed E-state index contributed by atoms with van der Waals surface area (Å²) < 4.78 is 65.4. The highest BCUT2D eigenvalue weighted by atomic mass is 32.2. The summed E-state index contributed by atoms with van der Waals surface area (Å²) in [5.41, 5.74) is -2.32. The van der Waals surface area contributed by atoms with E-state index in [1.54, 1.807) is 0 Å². The normalized spacial score (nSPS) is 18.5. The Balaban J connectivity index is 2.21. The number of fused-ring (bicyclic) bond motifs is 3. The first kappa shape index (κ1) is 33.3. The fourth-order valence-corrected chi connectivity index (χ4v) is 9.97. The number of hydrogen-bond acceptors (Lipinski definition) is 13. The van der Waals surface area contributed by atoms with Crippen LogP contribution in [0.2, 0.25) is 0 Å². The number of thioether (sulfide) groups is 3. The van der Waals surface area contributed by atoms with Gasteiger partial charge in [0.15, 0.2) is 0 Å². The van der Waals surface area contributed by atoms with Gasteiger partial charge in [-0.25, -0.2) is 19.2 Å². The molecule has 11 nitrogen and oxygen atoms in total. The number of ether oxygens (including phenoxy) is 5. The van der Waals surface area contributed by atoms with Crippen LogP contribution in [0, 0.1) is 0 Å². The molecule has 0 aromatic heterocycles. The Kier molecular flexibility index (Phi) is 8.89. The van der Waals surface area contributed by atoms with Crippen molar-refractivity contribution in [2.24, 2.45) is 0 Å². The van der Waals surface area contributed by atoms with Crippen LogP contribution in [0.1, 0.15) is 19.4 Å². The molecule has 1 aromatic carbocycles. The molecule has 0 fully saturated rings. The molecule has 3 heterocycles. The van der Waals surface area contributed by atoms with Crippen molar-refractivity contribution in [2.75, 3.05) is 40.4 Å². The van der Waals surface area contributed by atoms with E-state index in [-0.39, 0.29) is 42.9 Å². The fourth-order valence-electron chi connectivity index (χ4n) is 4.91. The van der Waals surface area contributed by atoms with Crippen molar-refractivity contribution in [1.82, 2.24) is 0 Å². The number of halogens is 3. The number of amides is 1. The fraction of sp³-hybridized carbons (Fsp3) is 0.370. The van der Waals surface area contributed by atoms with Crippen molar-refractivity contribution in [3.63, 3.8) is 0 Å². The molecule has 0 atom stereocenters. The monoisotopic (exact) mass is 675 g/mol. The van der Waals surface area contributed by atoms with Gasteiger partial charge in [-0.3, -0.25) is 9.69 Å². The number of nitrogens with zero attached hydrogens (tertiary/aromatic N) is 1. The van der Waals surface area contributed by atoms with Gasteiger partial charge in [-0.1, -0.05) is 35.3 Å². The SMILES string of the molecule is COC(=O)C1=C(C(=O)OC)SC2(S1)C(C(=O)OC)=C(C(=O)OC)SC1=C2c2cc(OC)ccc2N(C(=O)C(F)(F)F)C1(C)C. The summed E-state index contributed by atoms with van der Waals surface area (Å²) >= 11 is 1.90. The molecule has 1 aromatic rings. The predicted octanol–water partition coefficient (Wildman–Crippen LogP) is 4.17. The van der Waals surface area contributed by atoms with Crippen LogP contribution in [0.15, 0.2) is 43.4 Å². The van der Waals surface area contributed by atoms with Crippen LogP contribution in [-0.4, -0.2) is 81.1 Å². The van der Waals surface area contributed by atoms with Gasteiger partial charge in [0, 0.05) is 16.0 Å². The third-order valence-electron chi connectivity index (χ3n) is 6.79. The molecule has 0 aliphatic carbocycles. The van der Waals surface area contributed by atoms with E-state index in [1.165, 1.54) is 39.2 Å². The number of anilines is 1. The van der Waals surface area contributed by atoms with E-state index in [2.05, 4.69) is 0 Å². The maximum absolute atomic E-state index is 14.1. The van der Waals surface area contributed by atoms with Crippen LogP contribution in [0.4, 0.5) is 18.9 Å². The first-order chi connectivity index (χ1) is 20.5. The lowest BCUT2D eigenvalue weighted by Gasteiger charge is -2.50. The van der Waals surface area contributed by atoms with Crippen LogP contribution >= 0.6 is 35.3 Å². The molecule has 0 radical (unpaired) electrons. The van der Waals surface area contributed by atoms with Crippen molar-refractivity contribution >= 4 is 76.3 Å². The average molecular weight is 676 g/mol. The molecule has 0 N–H and O–H groups in total. The molecule has 17 heteroatoms. The maximum atomic E-state index is 14.1. The van der Waals surface area contributed by atoms with Gasteiger partial charge >= 0.3 is 36.0 Å². The number of benzene rings is 1. The van der Waals surface area contributed by atoms with E-state index in [4.69, 9.17) is 23.7 Å². The summed E-state index contributed by atoms with van der Waals surface area (Å²) in [6.45, 7) is 2.66.